The molecule has 0 saturated carbocycles. The van der Waals surface area contributed by atoms with E-state index in [1.165, 1.54) is 12.1 Å². The molecule has 0 radical (unpaired) electrons. The largest absolute Gasteiger partial charge is 0.453 e. The first-order chi connectivity index (χ1) is 9.52. The molecule has 0 aliphatic rings. The predicted octanol–water partition coefficient (Wildman–Crippen LogP) is 3.67. The summed E-state index contributed by atoms with van der Waals surface area (Å²) in [6.45, 7) is 1.84. The van der Waals surface area contributed by atoms with Crippen LogP contribution >= 0.6 is 11.6 Å². The smallest absolute Gasteiger partial charge is 0.184 e. The van der Waals surface area contributed by atoms with Gasteiger partial charge in [-0.3, -0.25) is 0 Å². The van der Waals surface area contributed by atoms with Gasteiger partial charge in [0.2, 0.25) is 0 Å². The van der Waals surface area contributed by atoms with Crippen molar-refractivity contribution in [2.75, 3.05) is 0 Å². The minimum absolute atomic E-state index is 0.0323. The second-order valence-corrected chi connectivity index (χ2v) is 4.55. The van der Waals surface area contributed by atoms with Gasteiger partial charge in [0.15, 0.2) is 17.4 Å². The van der Waals surface area contributed by atoms with E-state index in [1.807, 2.05) is 6.92 Å². The Balaban J connectivity index is 2.47. The lowest BCUT2D eigenvalue weighted by atomic mass is 10.1. The number of aryl methyl sites for hydroxylation is 1. The van der Waals surface area contributed by atoms with Crippen molar-refractivity contribution in [2.24, 2.45) is 10.9 Å². The third kappa shape index (κ3) is 2.83. The number of nitrogens with zero attached hydrogens (tertiary/aromatic N) is 1. The molecule has 104 valence electrons. The average Bonchev–Trinajstić information content (AvgIpc) is 2.43. The van der Waals surface area contributed by atoms with E-state index in [2.05, 4.69) is 5.16 Å². The number of amidine groups is 1. The van der Waals surface area contributed by atoms with Crippen molar-refractivity contribution in [1.29, 1.82) is 0 Å². The number of oxime groups is 1. The fourth-order valence-electron chi connectivity index (χ4n) is 1.66. The fraction of sp³-hybridized carbons (Fsp3) is 0.0714. The highest BCUT2D eigenvalue weighted by Gasteiger charge is 2.13. The molecule has 0 atom stereocenters. The van der Waals surface area contributed by atoms with Crippen LogP contribution in [0.5, 0.6) is 11.5 Å². The van der Waals surface area contributed by atoms with E-state index < -0.39 is 5.82 Å². The zero-order valence-corrected chi connectivity index (χ0v) is 11.4. The fourth-order valence-corrected chi connectivity index (χ4v) is 1.83. The molecule has 20 heavy (non-hydrogen) atoms. The van der Waals surface area contributed by atoms with Crippen LogP contribution in [0.3, 0.4) is 0 Å². The van der Waals surface area contributed by atoms with Crippen molar-refractivity contribution in [3.8, 4) is 11.5 Å². The van der Waals surface area contributed by atoms with E-state index in [0.29, 0.717) is 5.56 Å². The van der Waals surface area contributed by atoms with Gasteiger partial charge in [-0.05, 0) is 36.8 Å². The minimum atomic E-state index is -0.666. The highest BCUT2D eigenvalue weighted by molar-refractivity contribution is 6.30. The lowest BCUT2D eigenvalue weighted by Gasteiger charge is -2.12. The van der Waals surface area contributed by atoms with Crippen molar-refractivity contribution in [3.63, 3.8) is 0 Å². The Morgan fingerprint density at radius 2 is 2.05 bits per heavy atom. The quantitative estimate of drug-likeness (QED) is 0.393. The van der Waals surface area contributed by atoms with Crippen LogP contribution < -0.4 is 10.5 Å². The highest BCUT2D eigenvalue weighted by Crippen LogP contribution is 2.31. The summed E-state index contributed by atoms with van der Waals surface area (Å²) in [4.78, 5) is 0. The number of hydrogen-bond donors (Lipinski definition) is 2. The van der Waals surface area contributed by atoms with Gasteiger partial charge in [0.25, 0.3) is 0 Å². The SMILES string of the molecule is Cc1ccc(/C(N)=N/O)c(Oc2cccc(Cl)c2F)c1. The van der Waals surface area contributed by atoms with Crippen LogP contribution in [0.25, 0.3) is 0 Å². The number of ether oxygens (including phenoxy) is 1. The molecule has 0 amide bonds. The van der Waals surface area contributed by atoms with Gasteiger partial charge in [-0.2, -0.15) is 0 Å². The molecule has 2 aromatic carbocycles. The van der Waals surface area contributed by atoms with Crippen molar-refractivity contribution < 1.29 is 14.3 Å². The van der Waals surface area contributed by atoms with E-state index >= 15 is 0 Å². The van der Waals surface area contributed by atoms with Gasteiger partial charge in [0.1, 0.15) is 5.75 Å². The lowest BCUT2D eigenvalue weighted by molar-refractivity contribution is 0.318. The molecule has 0 fully saturated rings. The summed E-state index contributed by atoms with van der Waals surface area (Å²) in [5.74, 6) is -0.542. The first-order valence-corrected chi connectivity index (χ1v) is 6.11. The van der Waals surface area contributed by atoms with E-state index in [0.717, 1.165) is 5.56 Å². The van der Waals surface area contributed by atoms with E-state index in [-0.39, 0.29) is 22.4 Å². The van der Waals surface area contributed by atoms with Gasteiger partial charge in [0.05, 0.1) is 10.6 Å². The number of nitrogens with two attached hydrogens (primary N) is 1. The molecule has 4 nitrogen and oxygen atoms in total. The molecule has 0 spiro atoms. The Bertz CT molecular complexity index is 674. The van der Waals surface area contributed by atoms with E-state index in [1.54, 1.807) is 24.3 Å². The predicted molar refractivity (Wildman–Crippen MR) is 75.2 cm³/mol. The first kappa shape index (κ1) is 14.1. The first-order valence-electron chi connectivity index (χ1n) is 5.73. The minimum Gasteiger partial charge on any atom is -0.453 e. The average molecular weight is 295 g/mol. The van der Waals surface area contributed by atoms with Crippen LogP contribution in [0, 0.1) is 12.7 Å². The lowest BCUT2D eigenvalue weighted by Crippen LogP contribution is -2.14. The molecule has 0 bridgehead atoms. The molecule has 3 N–H and O–H groups in total. The molecule has 0 saturated heterocycles. The molecule has 2 rings (SSSR count). The van der Waals surface area contributed by atoms with Gasteiger partial charge in [-0.1, -0.05) is 28.9 Å². The van der Waals surface area contributed by atoms with Crippen molar-refractivity contribution in [2.45, 2.75) is 6.92 Å². The number of benzene rings is 2. The Morgan fingerprint density at radius 1 is 1.30 bits per heavy atom. The van der Waals surface area contributed by atoms with Crippen molar-refractivity contribution >= 4 is 17.4 Å². The maximum absolute atomic E-state index is 13.8. The summed E-state index contributed by atoms with van der Waals surface area (Å²) in [5.41, 5.74) is 6.81. The molecular formula is C14H12ClFN2O2. The van der Waals surface area contributed by atoms with Crippen LogP contribution in [0.15, 0.2) is 41.6 Å². The topological polar surface area (TPSA) is 67.8 Å². The van der Waals surface area contributed by atoms with Gasteiger partial charge < -0.3 is 15.7 Å². The third-order valence-corrected chi connectivity index (χ3v) is 2.95. The molecule has 6 heteroatoms. The van der Waals surface area contributed by atoms with Crippen molar-refractivity contribution in [3.05, 3.63) is 58.4 Å². The highest BCUT2D eigenvalue weighted by atomic mass is 35.5. The second kappa shape index (κ2) is 5.79. The summed E-state index contributed by atoms with van der Waals surface area (Å²) in [7, 11) is 0. The zero-order valence-electron chi connectivity index (χ0n) is 10.6. The molecule has 0 aliphatic heterocycles. The molecule has 0 unspecified atom stereocenters. The Kier molecular flexibility index (Phi) is 4.10. The van der Waals surface area contributed by atoms with E-state index in [4.69, 9.17) is 27.3 Å². The monoisotopic (exact) mass is 294 g/mol. The number of halogens is 2. The van der Waals surface area contributed by atoms with Gasteiger partial charge in [-0.15, -0.1) is 0 Å². The van der Waals surface area contributed by atoms with Crippen LogP contribution in [-0.4, -0.2) is 11.0 Å². The Morgan fingerprint density at radius 3 is 2.75 bits per heavy atom. The van der Waals surface area contributed by atoms with Crippen molar-refractivity contribution in [1.82, 2.24) is 0 Å². The maximum atomic E-state index is 13.8. The van der Waals surface area contributed by atoms with Crippen LogP contribution in [0.4, 0.5) is 4.39 Å². The molecule has 0 aliphatic carbocycles. The van der Waals surface area contributed by atoms with Crippen LogP contribution in [0.2, 0.25) is 5.02 Å². The summed E-state index contributed by atoms with van der Waals surface area (Å²) in [5, 5.41) is 11.6. The van der Waals surface area contributed by atoms with Gasteiger partial charge >= 0.3 is 0 Å². The zero-order chi connectivity index (χ0) is 14.7. The Hall–Kier alpha value is -2.27. The number of hydrogen-bond acceptors (Lipinski definition) is 3. The van der Waals surface area contributed by atoms with E-state index in [9.17, 15) is 4.39 Å². The maximum Gasteiger partial charge on any atom is 0.184 e. The second-order valence-electron chi connectivity index (χ2n) is 4.14. The van der Waals surface area contributed by atoms with Crippen LogP contribution in [-0.2, 0) is 0 Å². The standard InChI is InChI=1S/C14H12ClFN2O2/c1-8-5-6-9(14(17)18-19)12(7-8)20-11-4-2-3-10(15)13(11)16/h2-7,19H,1H3,(H2,17,18). The molecule has 2 aromatic rings. The third-order valence-electron chi connectivity index (χ3n) is 2.66. The molecule has 0 aromatic heterocycles. The van der Waals surface area contributed by atoms with Gasteiger partial charge in [-0.25, -0.2) is 4.39 Å². The summed E-state index contributed by atoms with van der Waals surface area (Å²) >= 11 is 5.70. The Labute approximate surface area is 120 Å². The summed E-state index contributed by atoms with van der Waals surface area (Å²) < 4.78 is 19.3. The number of rotatable bonds is 3. The molecular weight excluding hydrogens is 283 g/mol. The van der Waals surface area contributed by atoms with Gasteiger partial charge in [0, 0.05) is 0 Å². The molecule has 0 heterocycles. The summed E-state index contributed by atoms with van der Waals surface area (Å²) in [6.07, 6.45) is 0. The van der Waals surface area contributed by atoms with Crippen LogP contribution in [0.1, 0.15) is 11.1 Å². The normalized spacial score (nSPS) is 11.4. The summed E-state index contributed by atoms with van der Waals surface area (Å²) in [6, 6.07) is 9.49.